The van der Waals surface area contributed by atoms with Crippen LogP contribution in [0.15, 0.2) is 0 Å². The zero-order valence-electron chi connectivity index (χ0n) is 9.66. The molecule has 0 amide bonds. The molecule has 4 nitrogen and oxygen atoms in total. The largest absolute Gasteiger partial charge is 0.481 e. The van der Waals surface area contributed by atoms with Crippen LogP contribution in [0.3, 0.4) is 0 Å². The molecule has 0 radical (unpaired) electrons. The number of carbonyl (C=O) groups is 1. The molecule has 1 aliphatic rings. The molecule has 1 aromatic heterocycles. The van der Waals surface area contributed by atoms with Gasteiger partial charge in [-0.1, -0.05) is 0 Å². The van der Waals surface area contributed by atoms with E-state index < -0.39 is 5.97 Å². The van der Waals surface area contributed by atoms with E-state index in [2.05, 4.69) is 9.97 Å². The van der Waals surface area contributed by atoms with Crippen molar-refractivity contribution in [2.24, 2.45) is 5.92 Å². The number of carboxylic acid groups (broad SMARTS) is 1. The SMILES string of the molecule is Cc1nc(CC2CC2)nc(C)c1CC(=O)O. The van der Waals surface area contributed by atoms with Crippen LogP contribution >= 0.6 is 0 Å². The minimum Gasteiger partial charge on any atom is -0.481 e. The summed E-state index contributed by atoms with van der Waals surface area (Å²) in [6.45, 7) is 3.73. The Hall–Kier alpha value is -1.45. The van der Waals surface area contributed by atoms with Crippen molar-refractivity contribution in [3.05, 3.63) is 22.8 Å². The van der Waals surface area contributed by atoms with Crippen molar-refractivity contribution in [2.45, 2.75) is 39.5 Å². The Labute approximate surface area is 94.7 Å². The summed E-state index contributed by atoms with van der Waals surface area (Å²) in [6.07, 6.45) is 3.51. The number of aliphatic carboxylic acids is 1. The molecule has 86 valence electrons. The van der Waals surface area contributed by atoms with E-state index in [1.165, 1.54) is 12.8 Å². The molecule has 1 fully saturated rings. The fourth-order valence-corrected chi connectivity index (χ4v) is 1.89. The predicted octanol–water partition coefficient (Wildman–Crippen LogP) is 1.67. The van der Waals surface area contributed by atoms with Crippen LogP contribution in [0.5, 0.6) is 0 Å². The monoisotopic (exact) mass is 220 g/mol. The molecule has 0 bridgehead atoms. The van der Waals surface area contributed by atoms with E-state index in [-0.39, 0.29) is 6.42 Å². The van der Waals surface area contributed by atoms with Crippen LogP contribution in [0, 0.1) is 19.8 Å². The highest BCUT2D eigenvalue weighted by atomic mass is 16.4. The summed E-state index contributed by atoms with van der Waals surface area (Å²) < 4.78 is 0. The standard InChI is InChI=1S/C12H16N2O2/c1-7-10(6-12(15)16)8(2)14-11(13-7)5-9-3-4-9/h9H,3-6H2,1-2H3,(H,15,16). The van der Waals surface area contributed by atoms with Crippen molar-refractivity contribution in [3.63, 3.8) is 0 Å². The molecule has 4 heteroatoms. The third kappa shape index (κ3) is 2.56. The van der Waals surface area contributed by atoms with Gasteiger partial charge in [-0.3, -0.25) is 4.79 Å². The van der Waals surface area contributed by atoms with Gasteiger partial charge in [0.05, 0.1) is 6.42 Å². The summed E-state index contributed by atoms with van der Waals surface area (Å²) in [5, 5.41) is 8.78. The number of nitrogens with zero attached hydrogens (tertiary/aromatic N) is 2. The summed E-state index contributed by atoms with van der Waals surface area (Å²) >= 11 is 0. The molecule has 0 spiro atoms. The van der Waals surface area contributed by atoms with E-state index in [1.54, 1.807) is 0 Å². The minimum atomic E-state index is -0.829. The molecule has 1 saturated carbocycles. The molecule has 1 aromatic rings. The van der Waals surface area contributed by atoms with Crippen molar-refractivity contribution >= 4 is 5.97 Å². The van der Waals surface area contributed by atoms with Gasteiger partial charge in [0.15, 0.2) is 0 Å². The average Bonchev–Trinajstić information content (AvgIpc) is 2.95. The van der Waals surface area contributed by atoms with Crippen molar-refractivity contribution in [1.29, 1.82) is 0 Å². The third-order valence-electron chi connectivity index (χ3n) is 2.96. The lowest BCUT2D eigenvalue weighted by Gasteiger charge is -2.08. The van der Waals surface area contributed by atoms with Gasteiger partial charge in [0, 0.05) is 23.4 Å². The van der Waals surface area contributed by atoms with Crippen LogP contribution in [-0.4, -0.2) is 21.0 Å². The molecule has 0 atom stereocenters. The van der Waals surface area contributed by atoms with E-state index in [0.29, 0.717) is 0 Å². The fourth-order valence-electron chi connectivity index (χ4n) is 1.89. The zero-order valence-corrected chi connectivity index (χ0v) is 9.66. The van der Waals surface area contributed by atoms with E-state index in [4.69, 9.17) is 5.11 Å². The highest BCUT2D eigenvalue weighted by molar-refractivity contribution is 5.70. The Bertz CT molecular complexity index is 402. The highest BCUT2D eigenvalue weighted by Gasteiger charge is 2.23. The summed E-state index contributed by atoms with van der Waals surface area (Å²) in [5.74, 6) is 0.792. The van der Waals surface area contributed by atoms with Gasteiger partial charge in [0.1, 0.15) is 5.82 Å². The first-order valence-corrected chi connectivity index (χ1v) is 5.61. The Morgan fingerprint density at radius 1 is 1.31 bits per heavy atom. The lowest BCUT2D eigenvalue weighted by Crippen LogP contribution is -2.10. The van der Waals surface area contributed by atoms with Gasteiger partial charge in [0.2, 0.25) is 0 Å². The Balaban J connectivity index is 2.22. The summed E-state index contributed by atoms with van der Waals surface area (Å²) in [5.41, 5.74) is 2.38. The number of hydrogen-bond donors (Lipinski definition) is 1. The average molecular weight is 220 g/mol. The van der Waals surface area contributed by atoms with Crippen LogP contribution < -0.4 is 0 Å². The van der Waals surface area contributed by atoms with E-state index in [9.17, 15) is 4.79 Å². The Morgan fingerprint density at radius 3 is 2.31 bits per heavy atom. The fraction of sp³-hybridized carbons (Fsp3) is 0.583. The topological polar surface area (TPSA) is 63.1 Å². The maximum Gasteiger partial charge on any atom is 0.307 e. The molecule has 1 N–H and O–H groups in total. The van der Waals surface area contributed by atoms with Gasteiger partial charge in [-0.15, -0.1) is 0 Å². The van der Waals surface area contributed by atoms with Gasteiger partial charge in [0.25, 0.3) is 0 Å². The van der Waals surface area contributed by atoms with Gasteiger partial charge < -0.3 is 5.11 Å². The Morgan fingerprint density at radius 2 is 1.88 bits per heavy atom. The van der Waals surface area contributed by atoms with Crippen LogP contribution in [0.2, 0.25) is 0 Å². The van der Waals surface area contributed by atoms with Gasteiger partial charge in [-0.05, 0) is 32.6 Å². The van der Waals surface area contributed by atoms with Crippen molar-refractivity contribution < 1.29 is 9.90 Å². The normalized spacial score (nSPS) is 15.1. The number of aryl methyl sites for hydroxylation is 2. The summed E-state index contributed by atoms with van der Waals surface area (Å²) in [4.78, 5) is 19.5. The van der Waals surface area contributed by atoms with Crippen molar-refractivity contribution in [3.8, 4) is 0 Å². The number of hydrogen-bond acceptors (Lipinski definition) is 3. The van der Waals surface area contributed by atoms with Crippen molar-refractivity contribution in [2.75, 3.05) is 0 Å². The summed E-state index contributed by atoms with van der Waals surface area (Å²) in [6, 6.07) is 0. The molecule has 2 rings (SSSR count). The highest BCUT2D eigenvalue weighted by Crippen LogP contribution is 2.31. The number of carboxylic acids is 1. The number of rotatable bonds is 4. The maximum absolute atomic E-state index is 10.7. The quantitative estimate of drug-likeness (QED) is 0.838. The molecular weight excluding hydrogens is 204 g/mol. The van der Waals surface area contributed by atoms with Gasteiger partial charge in [-0.2, -0.15) is 0 Å². The third-order valence-corrected chi connectivity index (χ3v) is 2.96. The van der Waals surface area contributed by atoms with Gasteiger partial charge >= 0.3 is 5.97 Å². The molecule has 0 saturated heterocycles. The maximum atomic E-state index is 10.7. The van der Waals surface area contributed by atoms with Crippen LogP contribution in [-0.2, 0) is 17.6 Å². The Kier molecular flexibility index (Phi) is 2.90. The predicted molar refractivity (Wildman–Crippen MR) is 59.3 cm³/mol. The first-order valence-electron chi connectivity index (χ1n) is 5.61. The minimum absolute atomic E-state index is 0.0153. The lowest BCUT2D eigenvalue weighted by molar-refractivity contribution is -0.136. The molecule has 16 heavy (non-hydrogen) atoms. The second kappa shape index (κ2) is 4.20. The van der Waals surface area contributed by atoms with Crippen LogP contribution in [0.1, 0.15) is 35.6 Å². The summed E-state index contributed by atoms with van der Waals surface area (Å²) in [7, 11) is 0. The molecule has 0 unspecified atom stereocenters. The van der Waals surface area contributed by atoms with Crippen LogP contribution in [0.25, 0.3) is 0 Å². The molecule has 1 heterocycles. The smallest absolute Gasteiger partial charge is 0.307 e. The molecular formula is C12H16N2O2. The van der Waals surface area contributed by atoms with E-state index in [1.807, 2.05) is 13.8 Å². The first kappa shape index (κ1) is 11.0. The van der Waals surface area contributed by atoms with E-state index in [0.717, 1.165) is 35.1 Å². The van der Waals surface area contributed by atoms with Crippen LogP contribution in [0.4, 0.5) is 0 Å². The first-order chi connectivity index (χ1) is 7.56. The van der Waals surface area contributed by atoms with Gasteiger partial charge in [-0.25, -0.2) is 9.97 Å². The second-order valence-electron chi connectivity index (χ2n) is 4.51. The molecule has 0 aliphatic heterocycles. The number of aromatic nitrogens is 2. The van der Waals surface area contributed by atoms with E-state index >= 15 is 0 Å². The molecule has 1 aliphatic carbocycles. The second-order valence-corrected chi connectivity index (χ2v) is 4.51. The zero-order chi connectivity index (χ0) is 11.7. The molecule has 0 aromatic carbocycles. The lowest BCUT2D eigenvalue weighted by atomic mass is 10.1. The van der Waals surface area contributed by atoms with Crippen molar-refractivity contribution in [1.82, 2.24) is 9.97 Å².